The van der Waals surface area contributed by atoms with Crippen molar-refractivity contribution in [3.8, 4) is 0 Å². The summed E-state index contributed by atoms with van der Waals surface area (Å²) in [5.41, 5.74) is 2.26. The number of hydrogen-bond donors (Lipinski definition) is 3. The fourth-order valence-electron chi connectivity index (χ4n) is 2.57. The zero-order valence-electron chi connectivity index (χ0n) is 15.5. The highest BCUT2D eigenvalue weighted by Gasteiger charge is 2.16. The largest absolute Gasteiger partial charge is 0.444 e. The maximum Gasteiger partial charge on any atom is 0.412 e. The smallest absolute Gasteiger partial charge is 0.412 e. The van der Waals surface area contributed by atoms with Gasteiger partial charge in [0.25, 0.3) is 0 Å². The fourth-order valence-corrected chi connectivity index (χ4v) is 2.57. The Bertz CT molecular complexity index is 955. The van der Waals surface area contributed by atoms with E-state index in [1.54, 1.807) is 45.0 Å². The van der Waals surface area contributed by atoms with Crippen molar-refractivity contribution >= 4 is 34.3 Å². The number of aromatic nitrogens is 2. The van der Waals surface area contributed by atoms with Gasteiger partial charge in [0.2, 0.25) is 5.91 Å². The molecule has 0 bridgehead atoms. The highest BCUT2D eigenvalue weighted by molar-refractivity contribution is 5.95. The molecule has 0 radical (unpaired) electrons. The van der Waals surface area contributed by atoms with Crippen LogP contribution in [0.3, 0.4) is 0 Å². The van der Waals surface area contributed by atoms with Gasteiger partial charge in [-0.05, 0) is 51.1 Å². The highest BCUT2D eigenvalue weighted by atomic mass is 16.6. The number of ether oxygens (including phenoxy) is 1. The van der Waals surface area contributed by atoms with Gasteiger partial charge in [0.1, 0.15) is 5.60 Å². The van der Waals surface area contributed by atoms with Gasteiger partial charge >= 0.3 is 6.09 Å². The summed E-state index contributed by atoms with van der Waals surface area (Å²) >= 11 is 0. The van der Waals surface area contributed by atoms with Crippen LogP contribution in [0.5, 0.6) is 0 Å². The summed E-state index contributed by atoms with van der Waals surface area (Å²) in [5, 5.41) is 13.5. The van der Waals surface area contributed by atoms with Gasteiger partial charge in [-0.1, -0.05) is 18.2 Å². The number of H-pyrrole nitrogens is 1. The molecule has 3 aromatic rings. The lowest BCUT2D eigenvalue weighted by Gasteiger charge is -2.19. The van der Waals surface area contributed by atoms with Crippen LogP contribution in [0.25, 0.3) is 10.9 Å². The average Bonchev–Trinajstić information content (AvgIpc) is 2.98. The first-order valence-electron chi connectivity index (χ1n) is 8.62. The zero-order valence-corrected chi connectivity index (χ0v) is 15.5. The SMILES string of the molecule is CC(C)(C)OC(=O)Nc1ccc(NC(=O)Cc2[nH]nc3ccccc23)cc1. The molecule has 0 aliphatic heterocycles. The third-order valence-electron chi connectivity index (χ3n) is 3.69. The van der Waals surface area contributed by atoms with E-state index < -0.39 is 11.7 Å². The number of carbonyl (C=O) groups excluding carboxylic acids is 2. The minimum atomic E-state index is -0.561. The number of anilines is 2. The summed E-state index contributed by atoms with van der Waals surface area (Å²) in [7, 11) is 0. The van der Waals surface area contributed by atoms with Crippen molar-refractivity contribution in [2.75, 3.05) is 10.6 Å². The van der Waals surface area contributed by atoms with Gasteiger partial charge in [0.15, 0.2) is 0 Å². The molecule has 0 unspecified atom stereocenters. The van der Waals surface area contributed by atoms with Crippen LogP contribution in [0.15, 0.2) is 48.5 Å². The standard InChI is InChI=1S/C20H22N4O3/c1-20(2,3)27-19(26)22-14-10-8-13(9-11-14)21-18(25)12-17-15-6-4-5-7-16(15)23-24-17/h4-11H,12H2,1-3H3,(H,21,25)(H,22,26)(H,23,24). The van der Waals surface area contributed by atoms with Crippen molar-refractivity contribution in [1.82, 2.24) is 10.2 Å². The number of benzene rings is 2. The van der Waals surface area contributed by atoms with Gasteiger partial charge in [0.05, 0.1) is 17.6 Å². The number of rotatable bonds is 4. The summed E-state index contributed by atoms with van der Waals surface area (Å²) in [6, 6.07) is 14.5. The number of aromatic amines is 1. The predicted octanol–water partition coefficient (Wildman–Crippen LogP) is 4.09. The Labute approximate surface area is 157 Å². The molecule has 7 heteroatoms. The van der Waals surface area contributed by atoms with Crippen LogP contribution >= 0.6 is 0 Å². The minimum Gasteiger partial charge on any atom is -0.444 e. The molecular weight excluding hydrogens is 344 g/mol. The van der Waals surface area contributed by atoms with E-state index in [4.69, 9.17) is 4.74 Å². The number of carbonyl (C=O) groups is 2. The molecule has 3 rings (SSSR count). The van der Waals surface area contributed by atoms with Crippen LogP contribution in [0.2, 0.25) is 0 Å². The monoisotopic (exact) mass is 366 g/mol. The first-order chi connectivity index (χ1) is 12.8. The Kier molecular flexibility index (Phi) is 5.12. The van der Waals surface area contributed by atoms with Gasteiger partial charge in [-0.15, -0.1) is 0 Å². The van der Waals surface area contributed by atoms with Crippen LogP contribution < -0.4 is 10.6 Å². The maximum atomic E-state index is 12.3. The summed E-state index contributed by atoms with van der Waals surface area (Å²) in [4.78, 5) is 24.1. The van der Waals surface area contributed by atoms with Crippen molar-refractivity contribution in [3.05, 3.63) is 54.2 Å². The first-order valence-corrected chi connectivity index (χ1v) is 8.62. The molecular formula is C20H22N4O3. The van der Waals surface area contributed by atoms with Crippen LogP contribution in [0, 0.1) is 0 Å². The Morgan fingerprint density at radius 2 is 1.63 bits per heavy atom. The number of fused-ring (bicyclic) bond motifs is 1. The van der Waals surface area contributed by atoms with Crippen LogP contribution in [0.4, 0.5) is 16.2 Å². The van der Waals surface area contributed by atoms with Crippen LogP contribution in [0.1, 0.15) is 26.5 Å². The lowest BCUT2D eigenvalue weighted by atomic mass is 10.1. The number of nitrogens with one attached hydrogen (secondary N) is 3. The number of nitrogens with zero attached hydrogens (tertiary/aromatic N) is 1. The number of hydrogen-bond acceptors (Lipinski definition) is 4. The molecule has 27 heavy (non-hydrogen) atoms. The first kappa shape index (κ1) is 18.4. The topological polar surface area (TPSA) is 96.1 Å². The molecule has 0 saturated heterocycles. The zero-order chi connectivity index (χ0) is 19.4. The fraction of sp³-hybridized carbons (Fsp3) is 0.250. The summed E-state index contributed by atoms with van der Waals surface area (Å²) in [6.45, 7) is 5.40. The predicted molar refractivity (Wildman–Crippen MR) is 105 cm³/mol. The molecule has 0 fully saturated rings. The van der Waals surface area contributed by atoms with Gasteiger partial charge in [-0.2, -0.15) is 5.10 Å². The van der Waals surface area contributed by atoms with Crippen molar-refractivity contribution in [3.63, 3.8) is 0 Å². The molecule has 0 saturated carbocycles. The second-order valence-electron chi connectivity index (χ2n) is 7.15. The Morgan fingerprint density at radius 3 is 2.30 bits per heavy atom. The normalized spacial score (nSPS) is 11.2. The van der Waals surface area contributed by atoms with Crippen LogP contribution in [-0.4, -0.2) is 27.8 Å². The summed E-state index contributed by atoms with van der Waals surface area (Å²) in [6.07, 6.45) is -0.330. The van der Waals surface area contributed by atoms with E-state index >= 15 is 0 Å². The lowest BCUT2D eigenvalue weighted by molar-refractivity contribution is -0.115. The molecule has 140 valence electrons. The molecule has 1 aromatic heterocycles. The molecule has 2 aromatic carbocycles. The van der Waals surface area contributed by atoms with Crippen LogP contribution in [-0.2, 0) is 16.0 Å². The second kappa shape index (κ2) is 7.49. The van der Waals surface area contributed by atoms with Gasteiger partial charge in [-0.3, -0.25) is 15.2 Å². The van der Waals surface area contributed by atoms with Gasteiger partial charge < -0.3 is 10.1 Å². The Morgan fingerprint density at radius 1 is 1.00 bits per heavy atom. The number of amides is 2. The van der Waals surface area contributed by atoms with E-state index in [-0.39, 0.29) is 12.3 Å². The second-order valence-corrected chi connectivity index (χ2v) is 7.15. The Hall–Kier alpha value is -3.35. The minimum absolute atomic E-state index is 0.155. The van der Waals surface area contributed by atoms with E-state index in [9.17, 15) is 9.59 Å². The van der Waals surface area contributed by atoms with Gasteiger partial charge in [-0.25, -0.2) is 4.79 Å². The average molecular weight is 366 g/mol. The molecule has 0 spiro atoms. The van der Waals surface area contributed by atoms with E-state index in [1.807, 2.05) is 24.3 Å². The van der Waals surface area contributed by atoms with E-state index in [0.717, 1.165) is 16.6 Å². The third kappa shape index (κ3) is 5.07. The Balaban J connectivity index is 1.58. The maximum absolute atomic E-state index is 12.3. The molecule has 1 heterocycles. The summed E-state index contributed by atoms with van der Waals surface area (Å²) in [5.74, 6) is -0.155. The lowest BCUT2D eigenvalue weighted by Crippen LogP contribution is -2.27. The van der Waals surface area contributed by atoms with Crippen molar-refractivity contribution in [2.45, 2.75) is 32.8 Å². The number of para-hydroxylation sites is 1. The van der Waals surface area contributed by atoms with E-state index in [1.165, 1.54) is 0 Å². The molecule has 0 aliphatic rings. The molecule has 3 N–H and O–H groups in total. The van der Waals surface area contributed by atoms with Gasteiger partial charge in [0, 0.05) is 16.8 Å². The molecule has 7 nitrogen and oxygen atoms in total. The quantitative estimate of drug-likeness (QED) is 0.648. The van der Waals surface area contributed by atoms with Crippen molar-refractivity contribution in [1.29, 1.82) is 0 Å². The van der Waals surface area contributed by atoms with E-state index in [0.29, 0.717) is 11.4 Å². The van der Waals surface area contributed by atoms with Crippen molar-refractivity contribution < 1.29 is 14.3 Å². The molecule has 0 atom stereocenters. The van der Waals surface area contributed by atoms with Crippen molar-refractivity contribution in [2.24, 2.45) is 0 Å². The van der Waals surface area contributed by atoms with E-state index in [2.05, 4.69) is 20.8 Å². The molecule has 2 amide bonds. The third-order valence-corrected chi connectivity index (χ3v) is 3.69. The highest BCUT2D eigenvalue weighted by Crippen LogP contribution is 2.18. The summed E-state index contributed by atoms with van der Waals surface area (Å²) < 4.78 is 5.20. The molecule has 0 aliphatic carbocycles.